The van der Waals surface area contributed by atoms with Gasteiger partial charge in [-0.05, 0) is 37.3 Å². The maximum atomic E-state index is 12.6. The Morgan fingerprint density at radius 3 is 2.59 bits per heavy atom. The first-order valence-electron chi connectivity index (χ1n) is 8.99. The third-order valence-electron chi connectivity index (χ3n) is 4.19. The molecule has 1 aliphatic rings. The van der Waals surface area contributed by atoms with Gasteiger partial charge in [0.1, 0.15) is 5.71 Å². The molecule has 0 radical (unpaired) electrons. The largest absolute Gasteiger partial charge is 0.471 e. The topological polar surface area (TPSA) is 101 Å². The first-order valence-corrected chi connectivity index (χ1v) is 8.99. The van der Waals surface area contributed by atoms with E-state index in [-0.39, 0.29) is 24.1 Å². The number of aromatic nitrogens is 2. The molecule has 2 aromatic rings. The highest BCUT2D eigenvalue weighted by atomic mass is 19.4. The third kappa shape index (κ3) is 5.43. The highest BCUT2D eigenvalue weighted by Gasteiger charge is 2.38. The molecule has 0 spiro atoms. The van der Waals surface area contributed by atoms with Crippen molar-refractivity contribution < 1.29 is 27.2 Å². The van der Waals surface area contributed by atoms with E-state index in [0.29, 0.717) is 12.1 Å². The Morgan fingerprint density at radius 1 is 1.34 bits per heavy atom. The second-order valence-corrected chi connectivity index (χ2v) is 6.48. The normalized spacial score (nSPS) is 14.6. The molecule has 0 amide bonds. The molecule has 154 valence electrons. The van der Waals surface area contributed by atoms with E-state index in [4.69, 9.17) is 10.1 Å². The third-order valence-corrected chi connectivity index (χ3v) is 4.19. The monoisotopic (exact) mass is 408 g/mol. The smallest absolute Gasteiger partial charge is 0.461 e. The lowest BCUT2D eigenvalue weighted by atomic mass is 10.1. The standard InChI is InChI=1S/C19H19F3N4O3/c1-2-28-17(27)14(23)9-15(12-7-8-12)24-10-11-3-5-13(6-4-11)16-25-18(29-26-16)19(20,21)22/h3-6,9,12,23-24H,2,7-8,10H2,1H3/b15-9-,23-14?. The SMILES string of the molecule is CCOC(=O)C(=N)/C=C(\NCc1ccc(-c2noc(C(F)(F)F)n2)cc1)C1CC1. The van der Waals surface area contributed by atoms with Crippen molar-refractivity contribution in [2.24, 2.45) is 5.92 Å². The van der Waals surface area contributed by atoms with Crippen LogP contribution < -0.4 is 5.32 Å². The maximum absolute atomic E-state index is 12.6. The zero-order chi connectivity index (χ0) is 21.0. The van der Waals surface area contributed by atoms with Crippen molar-refractivity contribution in [2.45, 2.75) is 32.5 Å². The van der Waals surface area contributed by atoms with E-state index in [1.165, 1.54) is 6.08 Å². The van der Waals surface area contributed by atoms with Gasteiger partial charge >= 0.3 is 18.0 Å². The first-order chi connectivity index (χ1) is 13.8. The number of carbonyl (C=O) groups excluding carboxylic acids is 1. The van der Waals surface area contributed by atoms with Gasteiger partial charge in [0.15, 0.2) is 0 Å². The average Bonchev–Trinajstić information content (AvgIpc) is 3.39. The van der Waals surface area contributed by atoms with Crippen LogP contribution in [-0.4, -0.2) is 28.4 Å². The Bertz CT molecular complexity index is 916. The lowest BCUT2D eigenvalue weighted by molar-refractivity contribution is -0.159. The fourth-order valence-corrected chi connectivity index (χ4v) is 2.56. The van der Waals surface area contributed by atoms with Gasteiger partial charge in [0, 0.05) is 17.8 Å². The van der Waals surface area contributed by atoms with Crippen LogP contribution in [0, 0.1) is 11.3 Å². The van der Waals surface area contributed by atoms with E-state index in [0.717, 1.165) is 24.1 Å². The van der Waals surface area contributed by atoms with Crippen molar-refractivity contribution in [2.75, 3.05) is 6.61 Å². The molecule has 10 heteroatoms. The van der Waals surface area contributed by atoms with Gasteiger partial charge in [-0.15, -0.1) is 0 Å². The molecule has 1 aliphatic carbocycles. The molecule has 1 heterocycles. The Morgan fingerprint density at radius 2 is 2.03 bits per heavy atom. The van der Waals surface area contributed by atoms with E-state index >= 15 is 0 Å². The van der Waals surface area contributed by atoms with E-state index in [1.54, 1.807) is 31.2 Å². The molecular weight excluding hydrogens is 389 g/mol. The van der Waals surface area contributed by atoms with E-state index < -0.39 is 18.0 Å². The van der Waals surface area contributed by atoms with Crippen LogP contribution >= 0.6 is 0 Å². The summed E-state index contributed by atoms with van der Waals surface area (Å²) in [5.74, 6) is -1.92. The highest BCUT2D eigenvalue weighted by molar-refractivity contribution is 6.39. The van der Waals surface area contributed by atoms with Gasteiger partial charge in [-0.2, -0.15) is 18.2 Å². The quantitative estimate of drug-likeness (QED) is 0.510. The second-order valence-electron chi connectivity index (χ2n) is 6.48. The minimum absolute atomic E-state index is 0.140. The maximum Gasteiger partial charge on any atom is 0.471 e. The lowest BCUT2D eigenvalue weighted by Gasteiger charge is -2.11. The number of rotatable bonds is 8. The molecule has 1 aromatic carbocycles. The second kappa shape index (κ2) is 8.46. The summed E-state index contributed by atoms with van der Waals surface area (Å²) >= 11 is 0. The van der Waals surface area contributed by atoms with Crippen LogP contribution in [0.2, 0.25) is 0 Å². The molecule has 0 unspecified atom stereocenters. The van der Waals surface area contributed by atoms with Gasteiger partial charge in [-0.3, -0.25) is 5.41 Å². The van der Waals surface area contributed by atoms with Crippen molar-refractivity contribution in [1.29, 1.82) is 5.41 Å². The number of esters is 1. The van der Waals surface area contributed by atoms with Gasteiger partial charge < -0.3 is 14.6 Å². The minimum Gasteiger partial charge on any atom is -0.461 e. The highest BCUT2D eigenvalue weighted by Crippen LogP contribution is 2.35. The predicted octanol–water partition coefficient (Wildman–Crippen LogP) is 3.72. The fraction of sp³-hybridized carbons (Fsp3) is 0.368. The number of hydrogen-bond donors (Lipinski definition) is 2. The van der Waals surface area contributed by atoms with Crippen LogP contribution in [0.4, 0.5) is 13.2 Å². The van der Waals surface area contributed by atoms with Crippen LogP contribution in [0.25, 0.3) is 11.4 Å². The van der Waals surface area contributed by atoms with Gasteiger partial charge in [0.2, 0.25) is 5.82 Å². The number of ether oxygens (including phenoxy) is 1. The number of nitrogens with one attached hydrogen (secondary N) is 2. The zero-order valence-corrected chi connectivity index (χ0v) is 15.5. The molecule has 2 N–H and O–H groups in total. The summed E-state index contributed by atoms with van der Waals surface area (Å²) in [6, 6.07) is 6.66. The van der Waals surface area contributed by atoms with Crippen LogP contribution in [0.3, 0.4) is 0 Å². The summed E-state index contributed by atoms with van der Waals surface area (Å²) in [6.07, 6.45) is -1.24. The van der Waals surface area contributed by atoms with E-state index in [9.17, 15) is 18.0 Å². The van der Waals surface area contributed by atoms with Crippen LogP contribution in [0.5, 0.6) is 0 Å². The van der Waals surface area contributed by atoms with Gasteiger partial charge in [0.05, 0.1) is 6.61 Å². The van der Waals surface area contributed by atoms with Crippen molar-refractivity contribution in [3.05, 3.63) is 47.5 Å². The van der Waals surface area contributed by atoms with E-state index in [2.05, 4.69) is 20.0 Å². The van der Waals surface area contributed by atoms with E-state index in [1.807, 2.05) is 0 Å². The summed E-state index contributed by atoms with van der Waals surface area (Å²) in [5.41, 5.74) is 1.84. The number of benzene rings is 1. The summed E-state index contributed by atoms with van der Waals surface area (Å²) in [7, 11) is 0. The first kappa shape index (κ1) is 20.6. The molecule has 1 saturated carbocycles. The number of carbonyl (C=O) groups is 1. The number of hydrogen-bond acceptors (Lipinski definition) is 7. The minimum atomic E-state index is -4.68. The van der Waals surface area contributed by atoms with Crippen LogP contribution in [-0.2, 0) is 22.3 Å². The Kier molecular flexibility index (Phi) is 6.00. The Balaban J connectivity index is 1.64. The Hall–Kier alpha value is -3.17. The Labute approximate surface area is 164 Å². The van der Waals surface area contributed by atoms with Crippen molar-refractivity contribution in [1.82, 2.24) is 15.5 Å². The molecule has 3 rings (SSSR count). The molecule has 0 atom stereocenters. The number of halogens is 3. The van der Waals surface area contributed by atoms with Gasteiger partial charge in [-0.1, -0.05) is 29.4 Å². The molecule has 0 saturated heterocycles. The van der Waals surface area contributed by atoms with Crippen LogP contribution in [0.15, 0.2) is 40.6 Å². The molecule has 1 fully saturated rings. The number of alkyl halides is 3. The molecule has 0 aliphatic heterocycles. The van der Waals surface area contributed by atoms with Gasteiger partial charge in [-0.25, -0.2) is 4.79 Å². The predicted molar refractivity (Wildman–Crippen MR) is 96.7 cm³/mol. The molecular formula is C19H19F3N4O3. The number of allylic oxidation sites excluding steroid dienone is 1. The molecule has 7 nitrogen and oxygen atoms in total. The van der Waals surface area contributed by atoms with Crippen LogP contribution in [0.1, 0.15) is 31.2 Å². The zero-order valence-electron chi connectivity index (χ0n) is 15.5. The summed E-state index contributed by atoms with van der Waals surface area (Å²) in [6.45, 7) is 2.31. The summed E-state index contributed by atoms with van der Waals surface area (Å²) in [4.78, 5) is 15.0. The lowest BCUT2D eigenvalue weighted by Crippen LogP contribution is -2.20. The average molecular weight is 408 g/mol. The van der Waals surface area contributed by atoms with Crippen molar-refractivity contribution in [3.63, 3.8) is 0 Å². The fourth-order valence-electron chi connectivity index (χ4n) is 2.56. The molecule has 1 aromatic heterocycles. The number of nitrogens with zero attached hydrogens (tertiary/aromatic N) is 2. The van der Waals surface area contributed by atoms with Gasteiger partial charge in [0.25, 0.3) is 0 Å². The summed E-state index contributed by atoms with van der Waals surface area (Å²) in [5, 5.41) is 14.4. The van der Waals surface area contributed by atoms with Crippen molar-refractivity contribution in [3.8, 4) is 11.4 Å². The molecule has 29 heavy (non-hydrogen) atoms. The van der Waals surface area contributed by atoms with Crippen molar-refractivity contribution >= 4 is 11.7 Å². The molecule has 0 bridgehead atoms. The summed E-state index contributed by atoms with van der Waals surface area (Å²) < 4.78 is 46.7.